The van der Waals surface area contributed by atoms with E-state index in [0.29, 0.717) is 40.9 Å². The second-order valence-electron chi connectivity index (χ2n) is 7.85. The second kappa shape index (κ2) is 9.56. The Morgan fingerprint density at radius 2 is 1.80 bits per heavy atom. The fourth-order valence-electron chi connectivity index (χ4n) is 3.78. The number of aromatic amines is 1. The van der Waals surface area contributed by atoms with Crippen molar-refractivity contribution in [1.29, 1.82) is 5.41 Å². The lowest BCUT2D eigenvalue weighted by Crippen LogP contribution is -2.33. The van der Waals surface area contributed by atoms with Crippen LogP contribution in [0.4, 0.5) is 5.69 Å². The van der Waals surface area contributed by atoms with Crippen LogP contribution in [0.15, 0.2) is 77.7 Å². The minimum atomic E-state index is -0.505. The summed E-state index contributed by atoms with van der Waals surface area (Å²) in [6, 6.07) is 19.9. The summed E-state index contributed by atoms with van der Waals surface area (Å²) in [6.07, 6.45) is 2.34. The SMILES string of the molecule is N=C(C(=O)NCCc1nnc2ccccn12)c1ccccc1NCc1nc2ccccc2[nH]c1=O. The Kier molecular flexibility index (Phi) is 6.00. The first-order chi connectivity index (χ1) is 17.1. The van der Waals surface area contributed by atoms with Gasteiger partial charge in [-0.2, -0.15) is 0 Å². The molecule has 3 heterocycles. The topological polar surface area (TPSA) is 141 Å². The van der Waals surface area contributed by atoms with Crippen LogP contribution in [0.2, 0.25) is 0 Å². The zero-order valence-electron chi connectivity index (χ0n) is 18.7. The number of rotatable bonds is 8. The molecule has 4 N–H and O–H groups in total. The maximum absolute atomic E-state index is 12.7. The summed E-state index contributed by atoms with van der Waals surface area (Å²) < 4.78 is 1.86. The Morgan fingerprint density at radius 1 is 1.00 bits per heavy atom. The number of aromatic nitrogens is 5. The van der Waals surface area contributed by atoms with E-state index in [1.807, 2.05) is 47.0 Å². The third-order valence-corrected chi connectivity index (χ3v) is 5.56. The summed E-state index contributed by atoms with van der Waals surface area (Å²) in [4.78, 5) is 32.3. The van der Waals surface area contributed by atoms with Crippen molar-refractivity contribution in [3.05, 3.63) is 100 Å². The van der Waals surface area contributed by atoms with Gasteiger partial charge < -0.3 is 15.6 Å². The highest BCUT2D eigenvalue weighted by atomic mass is 16.1. The third kappa shape index (κ3) is 4.62. The van der Waals surface area contributed by atoms with Crippen molar-refractivity contribution in [2.75, 3.05) is 11.9 Å². The molecule has 1 amide bonds. The molecule has 174 valence electrons. The van der Waals surface area contributed by atoms with E-state index in [2.05, 4.69) is 30.8 Å². The number of anilines is 1. The molecule has 35 heavy (non-hydrogen) atoms. The largest absolute Gasteiger partial charge is 0.379 e. The first-order valence-electron chi connectivity index (χ1n) is 11.1. The molecule has 10 heteroatoms. The van der Waals surface area contributed by atoms with E-state index in [1.165, 1.54) is 0 Å². The average Bonchev–Trinajstić information content (AvgIpc) is 3.30. The van der Waals surface area contributed by atoms with Gasteiger partial charge in [-0.05, 0) is 30.3 Å². The molecule has 3 aromatic heterocycles. The minimum absolute atomic E-state index is 0.145. The molecule has 0 radical (unpaired) electrons. The zero-order valence-corrected chi connectivity index (χ0v) is 18.7. The predicted molar refractivity (Wildman–Crippen MR) is 133 cm³/mol. The number of benzene rings is 2. The molecular weight excluding hydrogens is 444 g/mol. The molecule has 0 bridgehead atoms. The summed E-state index contributed by atoms with van der Waals surface area (Å²) in [5, 5.41) is 22.6. The van der Waals surface area contributed by atoms with E-state index >= 15 is 0 Å². The fraction of sp³-hybridized carbons (Fsp3) is 0.120. The van der Waals surface area contributed by atoms with Crippen LogP contribution < -0.4 is 16.2 Å². The van der Waals surface area contributed by atoms with Gasteiger partial charge in [-0.3, -0.25) is 19.4 Å². The number of nitrogens with zero attached hydrogens (tertiary/aromatic N) is 4. The van der Waals surface area contributed by atoms with Gasteiger partial charge in [0.2, 0.25) is 0 Å². The predicted octanol–water partition coefficient (Wildman–Crippen LogP) is 2.30. The second-order valence-corrected chi connectivity index (χ2v) is 7.85. The van der Waals surface area contributed by atoms with Crippen LogP contribution in [0.5, 0.6) is 0 Å². The highest BCUT2D eigenvalue weighted by Gasteiger charge is 2.16. The van der Waals surface area contributed by atoms with Crippen molar-refractivity contribution < 1.29 is 4.79 Å². The lowest BCUT2D eigenvalue weighted by Gasteiger charge is -2.13. The smallest absolute Gasteiger partial charge is 0.271 e. The van der Waals surface area contributed by atoms with E-state index in [-0.39, 0.29) is 17.8 Å². The summed E-state index contributed by atoms with van der Waals surface area (Å²) in [6.45, 7) is 0.453. The van der Waals surface area contributed by atoms with Gasteiger partial charge in [0.1, 0.15) is 17.2 Å². The third-order valence-electron chi connectivity index (χ3n) is 5.56. The number of carbonyl (C=O) groups excluding carboxylic acids is 1. The number of H-pyrrole nitrogens is 1. The van der Waals surface area contributed by atoms with Crippen LogP contribution >= 0.6 is 0 Å². The minimum Gasteiger partial charge on any atom is -0.379 e. The van der Waals surface area contributed by atoms with Crippen LogP contribution in [-0.2, 0) is 17.8 Å². The zero-order chi connectivity index (χ0) is 24.2. The summed E-state index contributed by atoms with van der Waals surface area (Å²) in [5.41, 5.74) is 2.92. The Balaban J connectivity index is 1.25. The van der Waals surface area contributed by atoms with Gasteiger partial charge in [0.15, 0.2) is 5.65 Å². The van der Waals surface area contributed by atoms with Crippen LogP contribution in [-0.4, -0.2) is 42.7 Å². The van der Waals surface area contributed by atoms with Crippen molar-refractivity contribution in [1.82, 2.24) is 29.9 Å². The molecule has 0 saturated heterocycles. The number of fused-ring (bicyclic) bond motifs is 2. The van der Waals surface area contributed by atoms with Gasteiger partial charge in [-0.1, -0.05) is 36.4 Å². The van der Waals surface area contributed by atoms with Gasteiger partial charge in [0.25, 0.3) is 11.5 Å². The van der Waals surface area contributed by atoms with Crippen molar-refractivity contribution >= 4 is 34.0 Å². The lowest BCUT2D eigenvalue weighted by atomic mass is 10.1. The monoisotopic (exact) mass is 466 g/mol. The molecule has 0 spiro atoms. The molecule has 0 fully saturated rings. The average molecular weight is 467 g/mol. The van der Waals surface area contributed by atoms with Crippen LogP contribution in [0.25, 0.3) is 16.7 Å². The molecule has 0 saturated carbocycles. The number of hydrogen-bond acceptors (Lipinski definition) is 7. The standard InChI is InChI=1S/C25H22N8O2/c26-23(25(35)27-13-12-22-32-31-21-11-5-6-14-33(21)22)16-7-1-2-8-17(16)28-15-20-24(34)30-19-10-4-3-9-18(19)29-20/h1-11,14,26,28H,12-13,15H2,(H,27,35)(H,30,34). The van der Waals surface area contributed by atoms with Gasteiger partial charge in [-0.15, -0.1) is 10.2 Å². The summed E-state index contributed by atoms with van der Waals surface area (Å²) in [5.74, 6) is 0.220. The van der Waals surface area contributed by atoms with E-state index in [4.69, 9.17) is 5.41 Å². The van der Waals surface area contributed by atoms with E-state index in [1.54, 1.807) is 30.3 Å². The van der Waals surface area contributed by atoms with Crippen molar-refractivity contribution in [3.63, 3.8) is 0 Å². The number of nitrogens with one attached hydrogen (secondary N) is 4. The van der Waals surface area contributed by atoms with Crippen molar-refractivity contribution in [3.8, 4) is 0 Å². The maximum Gasteiger partial charge on any atom is 0.271 e. The molecule has 0 atom stereocenters. The van der Waals surface area contributed by atoms with Crippen LogP contribution in [0.3, 0.4) is 0 Å². The van der Waals surface area contributed by atoms with Gasteiger partial charge in [0, 0.05) is 30.4 Å². The number of amides is 1. The van der Waals surface area contributed by atoms with Crippen LogP contribution in [0.1, 0.15) is 17.1 Å². The lowest BCUT2D eigenvalue weighted by molar-refractivity contribution is -0.114. The molecule has 0 unspecified atom stereocenters. The Bertz CT molecular complexity index is 1600. The number of pyridine rings is 1. The Morgan fingerprint density at radius 3 is 2.71 bits per heavy atom. The number of para-hydroxylation sites is 3. The Labute approximate surface area is 199 Å². The van der Waals surface area contributed by atoms with Crippen molar-refractivity contribution in [2.45, 2.75) is 13.0 Å². The van der Waals surface area contributed by atoms with E-state index in [9.17, 15) is 9.59 Å². The van der Waals surface area contributed by atoms with Gasteiger partial charge in [0.05, 0.1) is 17.6 Å². The first kappa shape index (κ1) is 22.0. The maximum atomic E-state index is 12.7. The molecular formula is C25H22N8O2. The normalized spacial score (nSPS) is 11.0. The fourth-order valence-corrected chi connectivity index (χ4v) is 3.78. The molecule has 5 aromatic rings. The van der Waals surface area contributed by atoms with E-state index < -0.39 is 5.91 Å². The first-order valence-corrected chi connectivity index (χ1v) is 11.1. The van der Waals surface area contributed by atoms with Gasteiger partial charge in [-0.25, -0.2) is 4.98 Å². The number of carbonyl (C=O) groups is 1. The molecule has 10 nitrogen and oxygen atoms in total. The molecule has 0 aliphatic rings. The molecule has 0 aliphatic heterocycles. The van der Waals surface area contributed by atoms with Crippen LogP contribution in [0, 0.1) is 5.41 Å². The summed E-state index contributed by atoms with van der Waals surface area (Å²) >= 11 is 0. The molecule has 2 aromatic carbocycles. The highest BCUT2D eigenvalue weighted by Crippen LogP contribution is 2.17. The Hall–Kier alpha value is -4.86. The molecule has 5 rings (SSSR count). The highest BCUT2D eigenvalue weighted by molar-refractivity contribution is 6.45. The number of hydrogen-bond donors (Lipinski definition) is 4. The van der Waals surface area contributed by atoms with Gasteiger partial charge >= 0.3 is 0 Å². The van der Waals surface area contributed by atoms with E-state index in [0.717, 1.165) is 11.5 Å². The quantitative estimate of drug-likeness (QED) is 0.259. The summed E-state index contributed by atoms with van der Waals surface area (Å²) in [7, 11) is 0. The van der Waals surface area contributed by atoms with Crippen molar-refractivity contribution in [2.24, 2.45) is 0 Å². The molecule has 0 aliphatic carbocycles.